The molecule has 1 aromatic heterocycles. The first-order valence-electron chi connectivity index (χ1n) is 2.69. The quantitative estimate of drug-likeness (QED) is 0.497. The zero-order chi connectivity index (χ0) is 7.56. The van der Waals surface area contributed by atoms with Crippen LogP contribution in [0.25, 0.3) is 0 Å². The van der Waals surface area contributed by atoms with Crippen molar-refractivity contribution in [3.05, 3.63) is 18.1 Å². The Balaban J connectivity index is 3.06. The lowest BCUT2D eigenvalue weighted by Crippen LogP contribution is -1.92. The number of hydrogen-bond donors (Lipinski definition) is 1. The molecule has 0 radical (unpaired) electrons. The topological polar surface area (TPSA) is 38.9 Å². The minimum absolute atomic E-state index is 0.226. The first kappa shape index (κ1) is 7.34. The van der Waals surface area contributed by atoms with Crippen molar-refractivity contribution in [3.8, 4) is 0 Å². The van der Waals surface area contributed by atoms with Crippen LogP contribution >= 0.6 is 11.8 Å². The molecule has 54 valence electrons. The van der Waals surface area contributed by atoms with E-state index in [4.69, 9.17) is 5.73 Å². The standard InChI is InChI=1S/C6H7FN2S/c1-10-4-2-5(7)9-6(8)3-4/h2-3H,1H3,(H2,8,9). The van der Waals surface area contributed by atoms with Crippen LogP contribution < -0.4 is 5.73 Å². The molecule has 0 fully saturated rings. The second-order valence-electron chi connectivity index (χ2n) is 1.75. The highest BCUT2D eigenvalue weighted by Crippen LogP contribution is 2.16. The molecule has 0 aliphatic rings. The summed E-state index contributed by atoms with van der Waals surface area (Å²) in [4.78, 5) is 4.18. The van der Waals surface area contributed by atoms with Gasteiger partial charge in [0.15, 0.2) is 0 Å². The fourth-order valence-electron chi connectivity index (χ4n) is 0.611. The van der Waals surface area contributed by atoms with E-state index in [0.717, 1.165) is 4.90 Å². The Kier molecular flexibility index (Phi) is 2.11. The molecule has 0 aliphatic heterocycles. The lowest BCUT2D eigenvalue weighted by atomic mass is 10.5. The van der Waals surface area contributed by atoms with Crippen molar-refractivity contribution in [2.75, 3.05) is 12.0 Å². The molecule has 0 aromatic carbocycles. The smallest absolute Gasteiger partial charge is 0.215 e. The third-order valence-corrected chi connectivity index (χ3v) is 1.73. The van der Waals surface area contributed by atoms with Crippen LogP contribution in [0.4, 0.5) is 10.2 Å². The molecular weight excluding hydrogens is 151 g/mol. The highest BCUT2D eigenvalue weighted by molar-refractivity contribution is 7.98. The Labute approximate surface area is 62.6 Å². The minimum atomic E-state index is -0.524. The van der Waals surface area contributed by atoms with E-state index in [1.807, 2.05) is 6.26 Å². The Morgan fingerprint density at radius 3 is 2.80 bits per heavy atom. The maximum Gasteiger partial charge on any atom is 0.215 e. The molecule has 1 rings (SSSR count). The van der Waals surface area contributed by atoms with Crippen molar-refractivity contribution in [1.29, 1.82) is 0 Å². The molecule has 0 saturated heterocycles. The largest absolute Gasteiger partial charge is 0.384 e. The van der Waals surface area contributed by atoms with Gasteiger partial charge in [-0.2, -0.15) is 4.39 Å². The number of nitrogens with zero attached hydrogens (tertiary/aromatic N) is 1. The van der Waals surface area contributed by atoms with Crippen molar-refractivity contribution in [1.82, 2.24) is 4.98 Å². The first-order chi connectivity index (χ1) is 4.72. The van der Waals surface area contributed by atoms with Crippen LogP contribution in [0, 0.1) is 5.95 Å². The van der Waals surface area contributed by atoms with Gasteiger partial charge >= 0.3 is 0 Å². The fourth-order valence-corrected chi connectivity index (χ4v) is 1.06. The molecular formula is C6H7FN2S. The Hall–Kier alpha value is -0.770. The van der Waals surface area contributed by atoms with E-state index in [2.05, 4.69) is 4.98 Å². The summed E-state index contributed by atoms with van der Waals surface area (Å²) in [6.07, 6.45) is 1.86. The van der Waals surface area contributed by atoms with Crippen molar-refractivity contribution >= 4 is 17.6 Å². The molecule has 1 aromatic rings. The molecule has 0 atom stereocenters. The average molecular weight is 158 g/mol. The van der Waals surface area contributed by atoms with Crippen molar-refractivity contribution < 1.29 is 4.39 Å². The van der Waals surface area contributed by atoms with Crippen molar-refractivity contribution in [2.45, 2.75) is 4.90 Å². The number of rotatable bonds is 1. The fraction of sp³-hybridized carbons (Fsp3) is 0.167. The van der Waals surface area contributed by atoms with Gasteiger partial charge in [-0.15, -0.1) is 11.8 Å². The first-order valence-corrected chi connectivity index (χ1v) is 3.92. The zero-order valence-electron chi connectivity index (χ0n) is 5.47. The van der Waals surface area contributed by atoms with Crippen LogP contribution in [0.5, 0.6) is 0 Å². The monoisotopic (exact) mass is 158 g/mol. The number of nitrogen functional groups attached to an aromatic ring is 1. The van der Waals surface area contributed by atoms with Gasteiger partial charge in [-0.05, 0) is 12.3 Å². The lowest BCUT2D eigenvalue weighted by molar-refractivity contribution is 0.582. The molecule has 2 N–H and O–H groups in total. The molecule has 0 unspecified atom stereocenters. The van der Waals surface area contributed by atoms with E-state index in [0.29, 0.717) is 0 Å². The van der Waals surface area contributed by atoms with Crippen molar-refractivity contribution in [3.63, 3.8) is 0 Å². The van der Waals surface area contributed by atoms with Crippen LogP contribution in [-0.2, 0) is 0 Å². The molecule has 4 heteroatoms. The second-order valence-corrected chi connectivity index (χ2v) is 2.63. The van der Waals surface area contributed by atoms with E-state index < -0.39 is 5.95 Å². The van der Waals surface area contributed by atoms with Crippen LogP contribution in [0.1, 0.15) is 0 Å². The Morgan fingerprint density at radius 2 is 2.30 bits per heavy atom. The Bertz CT molecular complexity index is 219. The molecule has 1 heterocycles. The van der Waals surface area contributed by atoms with Gasteiger partial charge in [-0.1, -0.05) is 0 Å². The molecule has 0 bridgehead atoms. The summed E-state index contributed by atoms with van der Waals surface area (Å²) in [5, 5.41) is 0. The zero-order valence-corrected chi connectivity index (χ0v) is 6.28. The summed E-state index contributed by atoms with van der Waals surface area (Å²) in [6, 6.07) is 2.98. The maximum absolute atomic E-state index is 12.4. The molecule has 0 saturated carbocycles. The van der Waals surface area contributed by atoms with E-state index in [1.165, 1.54) is 17.8 Å². The SMILES string of the molecule is CSc1cc(N)nc(F)c1. The number of pyridine rings is 1. The maximum atomic E-state index is 12.4. The minimum Gasteiger partial charge on any atom is -0.384 e. The van der Waals surface area contributed by atoms with E-state index >= 15 is 0 Å². The van der Waals surface area contributed by atoms with Gasteiger partial charge in [0, 0.05) is 11.0 Å². The third-order valence-electron chi connectivity index (χ3n) is 1.02. The predicted molar refractivity (Wildman–Crippen MR) is 40.4 cm³/mol. The van der Waals surface area contributed by atoms with Gasteiger partial charge in [0.25, 0.3) is 0 Å². The van der Waals surface area contributed by atoms with Gasteiger partial charge in [0.05, 0.1) is 0 Å². The summed E-state index contributed by atoms with van der Waals surface area (Å²) in [7, 11) is 0. The number of hydrogen-bond acceptors (Lipinski definition) is 3. The highest BCUT2D eigenvalue weighted by atomic mass is 32.2. The number of aromatic nitrogens is 1. The number of thioether (sulfide) groups is 1. The normalized spacial score (nSPS) is 9.80. The molecule has 0 aliphatic carbocycles. The number of anilines is 1. The number of halogens is 1. The van der Waals surface area contributed by atoms with Gasteiger partial charge in [-0.3, -0.25) is 0 Å². The van der Waals surface area contributed by atoms with Gasteiger partial charge in [-0.25, -0.2) is 4.98 Å². The molecule has 0 spiro atoms. The Morgan fingerprint density at radius 1 is 1.60 bits per heavy atom. The third kappa shape index (κ3) is 1.60. The van der Waals surface area contributed by atoms with E-state index in [-0.39, 0.29) is 5.82 Å². The summed E-state index contributed by atoms with van der Waals surface area (Å²) in [5.41, 5.74) is 5.27. The van der Waals surface area contributed by atoms with Crippen LogP contribution in [0.15, 0.2) is 17.0 Å². The molecule has 10 heavy (non-hydrogen) atoms. The summed E-state index contributed by atoms with van der Waals surface area (Å²) < 4.78 is 12.4. The predicted octanol–water partition coefficient (Wildman–Crippen LogP) is 1.52. The van der Waals surface area contributed by atoms with E-state index in [9.17, 15) is 4.39 Å². The lowest BCUT2D eigenvalue weighted by Gasteiger charge is -1.96. The van der Waals surface area contributed by atoms with Gasteiger partial charge in [0.1, 0.15) is 5.82 Å². The van der Waals surface area contributed by atoms with E-state index in [1.54, 1.807) is 6.07 Å². The van der Waals surface area contributed by atoms with Gasteiger partial charge in [0.2, 0.25) is 5.95 Å². The summed E-state index contributed by atoms with van der Waals surface area (Å²) in [6.45, 7) is 0. The van der Waals surface area contributed by atoms with Crippen LogP contribution in [-0.4, -0.2) is 11.2 Å². The van der Waals surface area contributed by atoms with Gasteiger partial charge < -0.3 is 5.73 Å². The molecule has 2 nitrogen and oxygen atoms in total. The summed E-state index contributed by atoms with van der Waals surface area (Å²) >= 11 is 1.44. The summed E-state index contributed by atoms with van der Waals surface area (Å²) in [5.74, 6) is -0.297. The number of nitrogens with two attached hydrogens (primary N) is 1. The van der Waals surface area contributed by atoms with Crippen LogP contribution in [0.3, 0.4) is 0 Å². The molecule has 0 amide bonds. The van der Waals surface area contributed by atoms with Crippen molar-refractivity contribution in [2.24, 2.45) is 0 Å². The second kappa shape index (κ2) is 2.88. The van der Waals surface area contributed by atoms with Crippen LogP contribution in [0.2, 0.25) is 0 Å². The highest BCUT2D eigenvalue weighted by Gasteiger charge is 1.96. The average Bonchev–Trinajstić information content (AvgIpc) is 1.85.